The van der Waals surface area contributed by atoms with Crippen LogP contribution in [0.4, 0.5) is 0 Å². The van der Waals surface area contributed by atoms with E-state index >= 15 is 0 Å². The van der Waals surface area contributed by atoms with Crippen molar-refractivity contribution >= 4 is 16.0 Å². The van der Waals surface area contributed by atoms with Crippen LogP contribution in [-0.4, -0.2) is 26.5 Å². The molecule has 0 aromatic heterocycles. The molecule has 1 rings (SSSR count). The minimum atomic E-state index is -3.67. The average molecular weight is 296 g/mol. The van der Waals surface area contributed by atoms with Gasteiger partial charge in [-0.15, -0.1) is 0 Å². The van der Waals surface area contributed by atoms with E-state index in [-0.39, 0.29) is 16.5 Å². The van der Waals surface area contributed by atoms with Gasteiger partial charge in [-0.1, -0.05) is 6.07 Å². The number of nitriles is 1. The lowest BCUT2D eigenvalue weighted by molar-refractivity contribution is 0.0435. The van der Waals surface area contributed by atoms with Crippen LogP contribution in [0.3, 0.4) is 0 Å². The number of nitrogens with zero attached hydrogens (tertiary/aromatic N) is 1. The molecule has 6 nitrogen and oxygen atoms in total. The van der Waals surface area contributed by atoms with Gasteiger partial charge in [-0.05, 0) is 39.0 Å². The largest absolute Gasteiger partial charge is 0.444 e. The first-order valence-electron chi connectivity index (χ1n) is 5.99. The maximum atomic E-state index is 12.0. The number of rotatable bonds is 5. The molecular formula is C13H16N2O4S. The second kappa shape index (κ2) is 6.50. The standard InChI is InChI=1S/C13H16N2O4S/c1-9(2)15-20(17,18)12-6-4-5-11(7-12)13(16)19-10(3)8-14/h4-7,9-10,15H,1-3H3/t10-/m1/s1. The van der Waals surface area contributed by atoms with E-state index < -0.39 is 22.1 Å². The molecule has 0 bridgehead atoms. The van der Waals surface area contributed by atoms with Crippen molar-refractivity contribution in [3.05, 3.63) is 29.8 Å². The maximum Gasteiger partial charge on any atom is 0.339 e. The fourth-order valence-corrected chi connectivity index (χ4v) is 2.72. The first-order valence-corrected chi connectivity index (χ1v) is 7.47. The number of hydrogen-bond donors (Lipinski definition) is 1. The van der Waals surface area contributed by atoms with Gasteiger partial charge in [0.05, 0.1) is 10.5 Å². The summed E-state index contributed by atoms with van der Waals surface area (Å²) in [4.78, 5) is 11.7. The predicted octanol–water partition coefficient (Wildman–Crippen LogP) is 1.44. The number of sulfonamides is 1. The smallest absolute Gasteiger partial charge is 0.339 e. The summed E-state index contributed by atoms with van der Waals surface area (Å²) in [7, 11) is -3.67. The summed E-state index contributed by atoms with van der Waals surface area (Å²) < 4.78 is 31.2. The Labute approximate surface area is 118 Å². The molecule has 1 atom stereocenters. The van der Waals surface area contributed by atoms with Crippen LogP contribution in [0.1, 0.15) is 31.1 Å². The van der Waals surface area contributed by atoms with Crippen LogP contribution in [0.2, 0.25) is 0 Å². The summed E-state index contributed by atoms with van der Waals surface area (Å²) in [6.45, 7) is 4.83. The highest BCUT2D eigenvalue weighted by Gasteiger charge is 2.18. The zero-order chi connectivity index (χ0) is 15.3. The molecule has 0 fully saturated rings. The third-order valence-electron chi connectivity index (χ3n) is 2.24. The lowest BCUT2D eigenvalue weighted by atomic mass is 10.2. The summed E-state index contributed by atoms with van der Waals surface area (Å²) in [5.41, 5.74) is 0.0822. The fourth-order valence-electron chi connectivity index (χ4n) is 1.42. The molecule has 0 aliphatic rings. The molecule has 0 aliphatic carbocycles. The predicted molar refractivity (Wildman–Crippen MR) is 72.4 cm³/mol. The lowest BCUT2D eigenvalue weighted by Gasteiger charge is -2.11. The zero-order valence-electron chi connectivity index (χ0n) is 11.5. The third kappa shape index (κ3) is 4.33. The summed E-state index contributed by atoms with van der Waals surface area (Å²) >= 11 is 0. The molecule has 20 heavy (non-hydrogen) atoms. The van der Waals surface area contributed by atoms with Crippen molar-refractivity contribution in [1.82, 2.24) is 4.72 Å². The number of esters is 1. The van der Waals surface area contributed by atoms with Crippen LogP contribution < -0.4 is 4.72 Å². The van der Waals surface area contributed by atoms with Crippen molar-refractivity contribution in [3.8, 4) is 6.07 Å². The molecule has 7 heteroatoms. The van der Waals surface area contributed by atoms with Gasteiger partial charge in [0.2, 0.25) is 10.0 Å². The molecule has 0 spiro atoms. The Kier molecular flexibility index (Phi) is 5.25. The Morgan fingerprint density at radius 2 is 2.00 bits per heavy atom. The summed E-state index contributed by atoms with van der Waals surface area (Å²) in [5.74, 6) is -0.736. The van der Waals surface area contributed by atoms with E-state index in [4.69, 9.17) is 10.00 Å². The molecule has 1 aromatic rings. The van der Waals surface area contributed by atoms with Gasteiger partial charge in [-0.25, -0.2) is 17.9 Å². The number of ether oxygens (including phenoxy) is 1. The molecule has 108 valence electrons. The SMILES string of the molecule is CC(C)NS(=O)(=O)c1cccc(C(=O)O[C@H](C)C#N)c1. The van der Waals surface area contributed by atoms with Gasteiger partial charge < -0.3 is 4.74 Å². The van der Waals surface area contributed by atoms with Crippen LogP contribution in [0, 0.1) is 11.3 Å². The fraction of sp³-hybridized carbons (Fsp3) is 0.385. The van der Waals surface area contributed by atoms with Crippen molar-refractivity contribution in [2.45, 2.75) is 37.8 Å². The Bertz CT molecular complexity index is 632. The van der Waals surface area contributed by atoms with Crippen LogP contribution in [-0.2, 0) is 14.8 Å². The Hall–Kier alpha value is -1.91. The maximum absolute atomic E-state index is 12.0. The van der Waals surface area contributed by atoms with Crippen LogP contribution in [0.25, 0.3) is 0 Å². The molecule has 0 saturated heterocycles. The summed E-state index contributed by atoms with van der Waals surface area (Å²) in [5, 5.41) is 8.58. The van der Waals surface area contributed by atoms with E-state index in [2.05, 4.69) is 4.72 Å². The van der Waals surface area contributed by atoms with Gasteiger partial charge in [0, 0.05) is 6.04 Å². The van der Waals surface area contributed by atoms with Gasteiger partial charge in [-0.3, -0.25) is 0 Å². The highest BCUT2D eigenvalue weighted by Crippen LogP contribution is 2.13. The highest BCUT2D eigenvalue weighted by atomic mass is 32.2. The van der Waals surface area contributed by atoms with Crippen molar-refractivity contribution < 1.29 is 17.9 Å². The molecular weight excluding hydrogens is 280 g/mol. The third-order valence-corrected chi connectivity index (χ3v) is 3.89. The Morgan fingerprint density at radius 3 is 2.55 bits per heavy atom. The molecule has 0 unspecified atom stereocenters. The van der Waals surface area contributed by atoms with Gasteiger partial charge >= 0.3 is 5.97 Å². The van der Waals surface area contributed by atoms with E-state index in [1.807, 2.05) is 0 Å². The number of carbonyl (C=O) groups is 1. The highest BCUT2D eigenvalue weighted by molar-refractivity contribution is 7.89. The number of benzene rings is 1. The number of nitrogens with one attached hydrogen (secondary N) is 1. The topological polar surface area (TPSA) is 96.3 Å². The Balaban J connectivity index is 3.03. The van der Waals surface area contributed by atoms with E-state index in [0.717, 1.165) is 0 Å². The summed E-state index contributed by atoms with van der Waals surface area (Å²) in [6.07, 6.45) is -0.892. The molecule has 0 aliphatic heterocycles. The monoisotopic (exact) mass is 296 g/mol. The van der Waals surface area contributed by atoms with Gasteiger partial charge in [0.25, 0.3) is 0 Å². The summed E-state index contributed by atoms with van der Waals surface area (Å²) in [6, 6.07) is 6.99. The van der Waals surface area contributed by atoms with Gasteiger partial charge in [-0.2, -0.15) is 5.26 Å². The molecule has 0 saturated carbocycles. The van der Waals surface area contributed by atoms with E-state index in [1.54, 1.807) is 19.9 Å². The quantitative estimate of drug-likeness (QED) is 0.829. The van der Waals surface area contributed by atoms with E-state index in [9.17, 15) is 13.2 Å². The lowest BCUT2D eigenvalue weighted by Crippen LogP contribution is -2.30. The van der Waals surface area contributed by atoms with Gasteiger partial charge in [0.1, 0.15) is 6.07 Å². The molecule has 0 heterocycles. The van der Waals surface area contributed by atoms with E-state index in [1.165, 1.54) is 31.2 Å². The normalized spacial score (nSPS) is 12.8. The second-order valence-electron chi connectivity index (χ2n) is 4.48. The van der Waals surface area contributed by atoms with E-state index in [0.29, 0.717) is 0 Å². The van der Waals surface area contributed by atoms with Crippen LogP contribution in [0.15, 0.2) is 29.2 Å². The molecule has 1 N–H and O–H groups in total. The van der Waals surface area contributed by atoms with Crippen molar-refractivity contribution in [2.75, 3.05) is 0 Å². The number of carbonyl (C=O) groups excluding carboxylic acids is 1. The molecule has 1 aromatic carbocycles. The van der Waals surface area contributed by atoms with Crippen molar-refractivity contribution in [2.24, 2.45) is 0 Å². The first-order chi connectivity index (χ1) is 9.26. The number of hydrogen-bond acceptors (Lipinski definition) is 5. The molecule has 0 amide bonds. The minimum Gasteiger partial charge on any atom is -0.444 e. The van der Waals surface area contributed by atoms with Crippen molar-refractivity contribution in [3.63, 3.8) is 0 Å². The Morgan fingerprint density at radius 1 is 1.35 bits per heavy atom. The van der Waals surface area contributed by atoms with Crippen LogP contribution in [0.5, 0.6) is 0 Å². The minimum absolute atomic E-state index is 0.0229. The zero-order valence-corrected chi connectivity index (χ0v) is 12.3. The van der Waals surface area contributed by atoms with Gasteiger partial charge in [0.15, 0.2) is 6.10 Å². The van der Waals surface area contributed by atoms with Crippen molar-refractivity contribution in [1.29, 1.82) is 5.26 Å². The molecule has 0 radical (unpaired) electrons. The second-order valence-corrected chi connectivity index (χ2v) is 6.19. The van der Waals surface area contributed by atoms with Crippen LogP contribution >= 0.6 is 0 Å². The first kappa shape index (κ1) is 16.1. The average Bonchev–Trinajstić information content (AvgIpc) is 2.37.